The number of piperazine rings is 1. The van der Waals surface area contributed by atoms with Crippen LogP contribution in [0.4, 0.5) is 5.69 Å². The highest BCUT2D eigenvalue weighted by molar-refractivity contribution is 5.93. The van der Waals surface area contributed by atoms with E-state index in [0.717, 1.165) is 37.4 Å². The van der Waals surface area contributed by atoms with Gasteiger partial charge in [0.25, 0.3) is 0 Å². The van der Waals surface area contributed by atoms with E-state index < -0.39 is 0 Å². The van der Waals surface area contributed by atoms with Gasteiger partial charge in [-0.05, 0) is 42.5 Å². The Hall–Kier alpha value is -2.70. The minimum absolute atomic E-state index is 0.00907. The Balaban J connectivity index is 1.36. The number of benzene rings is 2. The predicted octanol–water partition coefficient (Wildman–Crippen LogP) is 2.78. The third-order valence-corrected chi connectivity index (χ3v) is 6.05. The van der Waals surface area contributed by atoms with Gasteiger partial charge in [0, 0.05) is 38.4 Å². The van der Waals surface area contributed by atoms with Gasteiger partial charge in [-0.2, -0.15) is 0 Å². The Morgan fingerprint density at radius 3 is 2.13 bits per heavy atom. The molecule has 0 aromatic heterocycles. The van der Waals surface area contributed by atoms with Crippen LogP contribution in [-0.4, -0.2) is 67.4 Å². The maximum absolute atomic E-state index is 12.4. The van der Waals surface area contributed by atoms with E-state index in [4.69, 9.17) is 0 Å². The van der Waals surface area contributed by atoms with E-state index in [1.165, 1.54) is 11.1 Å². The monoisotopic (exact) mass is 422 g/mol. The molecule has 1 aliphatic heterocycles. The summed E-state index contributed by atoms with van der Waals surface area (Å²) in [4.78, 5) is 29.1. The van der Waals surface area contributed by atoms with Crippen LogP contribution in [0.3, 0.4) is 0 Å². The second kappa shape index (κ2) is 11.1. The molecule has 1 saturated heterocycles. The van der Waals surface area contributed by atoms with Crippen molar-refractivity contribution in [3.05, 3.63) is 65.2 Å². The molecule has 1 atom stereocenters. The van der Waals surface area contributed by atoms with E-state index in [1.807, 2.05) is 50.2 Å². The number of hydrogen-bond acceptors (Lipinski definition) is 4. The zero-order valence-corrected chi connectivity index (χ0v) is 18.9. The van der Waals surface area contributed by atoms with E-state index in [2.05, 4.69) is 39.5 Å². The average molecular weight is 423 g/mol. The lowest BCUT2D eigenvalue weighted by Gasteiger charge is -2.33. The van der Waals surface area contributed by atoms with Crippen LogP contribution in [0, 0.1) is 13.8 Å². The lowest BCUT2D eigenvalue weighted by atomic mass is 10.0. The molecule has 0 radical (unpaired) electrons. The number of hydrogen-bond donors (Lipinski definition) is 2. The van der Waals surface area contributed by atoms with Gasteiger partial charge in [-0.3, -0.25) is 19.4 Å². The van der Waals surface area contributed by atoms with E-state index in [9.17, 15) is 9.59 Å². The molecule has 0 spiro atoms. The van der Waals surface area contributed by atoms with Crippen LogP contribution in [0.5, 0.6) is 0 Å². The lowest BCUT2D eigenvalue weighted by Crippen LogP contribution is -2.51. The molecular weight excluding hydrogens is 388 g/mol. The number of aryl methyl sites for hydroxylation is 1. The molecule has 2 amide bonds. The maximum Gasteiger partial charge on any atom is 0.238 e. The molecule has 2 N–H and O–H groups in total. The largest absolute Gasteiger partial charge is 0.354 e. The number of carbonyl (C=O) groups is 2. The minimum atomic E-state index is 0.00907. The Kier molecular flexibility index (Phi) is 8.20. The number of amides is 2. The van der Waals surface area contributed by atoms with E-state index in [1.54, 1.807) is 0 Å². The van der Waals surface area contributed by atoms with Crippen molar-refractivity contribution in [2.45, 2.75) is 26.7 Å². The predicted molar refractivity (Wildman–Crippen MR) is 125 cm³/mol. The molecule has 31 heavy (non-hydrogen) atoms. The molecule has 1 aliphatic rings. The molecule has 0 saturated carbocycles. The third kappa shape index (κ3) is 6.91. The van der Waals surface area contributed by atoms with Crippen molar-refractivity contribution in [3.8, 4) is 0 Å². The fraction of sp³-hybridized carbons (Fsp3) is 0.440. The molecular formula is C25H34N4O2. The normalized spacial score (nSPS) is 16.0. The molecule has 3 rings (SSSR count). The Morgan fingerprint density at radius 2 is 1.48 bits per heavy atom. The van der Waals surface area contributed by atoms with E-state index in [-0.39, 0.29) is 17.7 Å². The van der Waals surface area contributed by atoms with Crippen molar-refractivity contribution in [2.75, 3.05) is 51.1 Å². The van der Waals surface area contributed by atoms with E-state index in [0.29, 0.717) is 19.6 Å². The topological polar surface area (TPSA) is 64.7 Å². The highest BCUT2D eigenvalue weighted by Gasteiger charge is 2.21. The van der Waals surface area contributed by atoms with Crippen LogP contribution >= 0.6 is 0 Å². The van der Waals surface area contributed by atoms with Crippen molar-refractivity contribution in [1.29, 1.82) is 0 Å². The van der Waals surface area contributed by atoms with Crippen LogP contribution in [0.25, 0.3) is 0 Å². The highest BCUT2D eigenvalue weighted by atomic mass is 16.2. The maximum atomic E-state index is 12.4. The number of nitrogens with one attached hydrogen (secondary N) is 2. The Morgan fingerprint density at radius 1 is 0.871 bits per heavy atom. The third-order valence-electron chi connectivity index (χ3n) is 6.05. The van der Waals surface area contributed by atoms with Crippen molar-refractivity contribution < 1.29 is 9.59 Å². The summed E-state index contributed by atoms with van der Waals surface area (Å²) in [7, 11) is 0. The lowest BCUT2D eigenvalue weighted by molar-refractivity contribution is -0.123. The zero-order valence-electron chi connectivity index (χ0n) is 18.9. The number of nitrogens with zero attached hydrogens (tertiary/aromatic N) is 2. The quantitative estimate of drug-likeness (QED) is 0.687. The van der Waals surface area contributed by atoms with Crippen LogP contribution in [0.1, 0.15) is 29.5 Å². The summed E-state index contributed by atoms with van der Waals surface area (Å²) in [6.45, 7) is 10.8. The molecule has 0 unspecified atom stereocenters. The first kappa shape index (κ1) is 23.0. The van der Waals surface area contributed by atoms with Gasteiger partial charge in [-0.25, -0.2) is 0 Å². The molecule has 2 aromatic carbocycles. The van der Waals surface area contributed by atoms with Crippen molar-refractivity contribution >= 4 is 17.5 Å². The molecule has 0 bridgehead atoms. The van der Waals surface area contributed by atoms with Crippen LogP contribution < -0.4 is 10.6 Å². The van der Waals surface area contributed by atoms with Gasteiger partial charge in [0.1, 0.15) is 0 Å². The van der Waals surface area contributed by atoms with Gasteiger partial charge in [0.15, 0.2) is 0 Å². The summed E-state index contributed by atoms with van der Waals surface area (Å²) >= 11 is 0. The summed E-state index contributed by atoms with van der Waals surface area (Å²) in [6, 6.07) is 16.2. The molecule has 1 heterocycles. The number of rotatable bonds is 8. The molecule has 6 nitrogen and oxygen atoms in total. The summed E-state index contributed by atoms with van der Waals surface area (Å²) in [5.41, 5.74) is 4.39. The van der Waals surface area contributed by atoms with Gasteiger partial charge < -0.3 is 10.6 Å². The van der Waals surface area contributed by atoms with Gasteiger partial charge >= 0.3 is 0 Å². The van der Waals surface area contributed by atoms with Crippen LogP contribution in [0.2, 0.25) is 0 Å². The summed E-state index contributed by atoms with van der Waals surface area (Å²) in [5.74, 6) is 0.358. The second-order valence-electron chi connectivity index (χ2n) is 8.46. The van der Waals surface area contributed by atoms with Crippen LogP contribution in [-0.2, 0) is 9.59 Å². The first-order valence-corrected chi connectivity index (χ1v) is 11.0. The fourth-order valence-corrected chi connectivity index (χ4v) is 3.81. The zero-order chi connectivity index (χ0) is 22.2. The van der Waals surface area contributed by atoms with E-state index >= 15 is 0 Å². The summed E-state index contributed by atoms with van der Waals surface area (Å²) in [5, 5.41) is 6.07. The van der Waals surface area contributed by atoms with Gasteiger partial charge in [-0.1, -0.05) is 49.4 Å². The van der Waals surface area contributed by atoms with Crippen molar-refractivity contribution in [2.24, 2.45) is 0 Å². The van der Waals surface area contributed by atoms with Gasteiger partial charge in [-0.15, -0.1) is 0 Å². The van der Waals surface area contributed by atoms with Crippen LogP contribution in [0.15, 0.2) is 48.5 Å². The Labute approximate surface area is 185 Å². The minimum Gasteiger partial charge on any atom is -0.354 e. The van der Waals surface area contributed by atoms with Crippen molar-refractivity contribution in [3.63, 3.8) is 0 Å². The molecule has 6 heteroatoms. The van der Waals surface area contributed by atoms with Gasteiger partial charge in [0.05, 0.1) is 13.1 Å². The molecule has 166 valence electrons. The summed E-state index contributed by atoms with van der Waals surface area (Å²) < 4.78 is 0. The summed E-state index contributed by atoms with van der Waals surface area (Å²) in [6.07, 6.45) is 0. The number of anilines is 1. The molecule has 1 fully saturated rings. The number of carbonyl (C=O) groups excluding carboxylic acids is 2. The van der Waals surface area contributed by atoms with Crippen molar-refractivity contribution in [1.82, 2.24) is 15.1 Å². The molecule has 2 aromatic rings. The fourth-order valence-electron chi connectivity index (χ4n) is 3.81. The first-order chi connectivity index (χ1) is 14.9. The SMILES string of the molecule is Cc1cccc(NC(=O)CN2CCN(CC(=O)NC[C@H](C)c3ccccc3)CC2)c1C. The Bertz CT molecular complexity index is 876. The smallest absolute Gasteiger partial charge is 0.238 e. The highest BCUT2D eigenvalue weighted by Crippen LogP contribution is 2.18. The second-order valence-corrected chi connectivity index (χ2v) is 8.46. The first-order valence-electron chi connectivity index (χ1n) is 11.0. The molecule has 0 aliphatic carbocycles. The standard InChI is InChI=1S/C25H34N4O2/c1-19-8-7-11-23(21(19)3)27-25(31)18-29-14-12-28(13-15-29)17-24(30)26-16-20(2)22-9-5-4-6-10-22/h4-11,20H,12-18H2,1-3H3,(H,26,30)(H,27,31)/t20-/m0/s1. The van der Waals surface area contributed by atoms with Gasteiger partial charge in [0.2, 0.25) is 11.8 Å². The average Bonchev–Trinajstić information content (AvgIpc) is 2.77.